The first-order valence-corrected chi connectivity index (χ1v) is 7.46. The summed E-state index contributed by atoms with van der Waals surface area (Å²) in [6.07, 6.45) is 1.30. The fourth-order valence-electron chi connectivity index (χ4n) is 2.46. The van der Waals surface area contributed by atoms with Gasteiger partial charge in [0.25, 0.3) is 0 Å². The lowest BCUT2D eigenvalue weighted by Gasteiger charge is -2.15. The maximum Gasteiger partial charge on any atom is 0.209 e. The van der Waals surface area contributed by atoms with Crippen LogP contribution in [0.4, 0.5) is 4.39 Å². The molecule has 0 saturated heterocycles. The summed E-state index contributed by atoms with van der Waals surface area (Å²) in [6.45, 7) is -0.316. The van der Waals surface area contributed by atoms with Crippen LogP contribution in [0.2, 0.25) is 0 Å². The molecule has 3 rings (SSSR count). The predicted octanol–water partition coefficient (Wildman–Crippen LogP) is 3.06. The number of hydrogen-bond donors (Lipinski definition) is 1. The van der Waals surface area contributed by atoms with Gasteiger partial charge in [-0.3, -0.25) is 9.59 Å². The lowest BCUT2D eigenvalue weighted by molar-refractivity contribution is 0.0979. The molecule has 2 aromatic carbocycles. The first kappa shape index (κ1) is 15.7. The zero-order valence-corrected chi connectivity index (χ0v) is 12.8. The van der Waals surface area contributed by atoms with Crippen LogP contribution in [0.5, 0.6) is 0 Å². The van der Waals surface area contributed by atoms with Crippen LogP contribution >= 0.6 is 0 Å². The van der Waals surface area contributed by atoms with Gasteiger partial charge in [-0.05, 0) is 17.7 Å². The van der Waals surface area contributed by atoms with Gasteiger partial charge in [0.05, 0.1) is 12.2 Å². The number of hydrogen-bond acceptors (Lipinski definition) is 3. The van der Waals surface area contributed by atoms with E-state index in [4.69, 9.17) is 0 Å². The summed E-state index contributed by atoms with van der Waals surface area (Å²) in [6, 6.07) is 13.6. The van der Waals surface area contributed by atoms with Gasteiger partial charge in [0.15, 0.2) is 5.78 Å². The van der Waals surface area contributed by atoms with Gasteiger partial charge >= 0.3 is 0 Å². The van der Waals surface area contributed by atoms with Crippen LogP contribution < -0.4 is 5.32 Å². The van der Waals surface area contributed by atoms with Crippen molar-refractivity contribution in [3.05, 3.63) is 82.6 Å². The molecule has 2 aromatic rings. The normalized spacial score (nSPS) is 12.8. The highest BCUT2D eigenvalue weighted by Gasteiger charge is 2.24. The van der Waals surface area contributed by atoms with E-state index in [1.165, 1.54) is 6.08 Å². The van der Waals surface area contributed by atoms with Gasteiger partial charge in [-0.1, -0.05) is 48.2 Å². The summed E-state index contributed by atoms with van der Waals surface area (Å²) in [5, 5.41) is 2.88. The van der Waals surface area contributed by atoms with Crippen LogP contribution in [-0.4, -0.2) is 18.1 Å². The van der Waals surface area contributed by atoms with Crippen molar-refractivity contribution in [3.63, 3.8) is 0 Å². The van der Waals surface area contributed by atoms with Gasteiger partial charge in [0, 0.05) is 22.8 Å². The molecular formula is C20H14FNO2. The van der Waals surface area contributed by atoms with Crippen LogP contribution in [0.1, 0.15) is 31.8 Å². The summed E-state index contributed by atoms with van der Waals surface area (Å²) in [4.78, 5) is 24.4. The van der Waals surface area contributed by atoms with E-state index in [1.807, 2.05) is 0 Å². The number of Topliss-reactive ketones (excluding diaryl/α,β-unsaturated/α-hetero) is 1. The van der Waals surface area contributed by atoms with Gasteiger partial charge in [-0.2, -0.15) is 0 Å². The van der Waals surface area contributed by atoms with Crippen LogP contribution in [0.15, 0.2) is 60.3 Å². The Morgan fingerprint density at radius 1 is 1.00 bits per heavy atom. The fourth-order valence-corrected chi connectivity index (χ4v) is 2.46. The molecule has 118 valence electrons. The van der Waals surface area contributed by atoms with Gasteiger partial charge in [0.2, 0.25) is 5.78 Å². The van der Waals surface area contributed by atoms with E-state index < -0.39 is 6.67 Å². The summed E-state index contributed by atoms with van der Waals surface area (Å²) in [5.74, 6) is 5.36. The molecule has 0 aromatic heterocycles. The molecule has 0 fully saturated rings. The molecule has 0 radical (unpaired) electrons. The Bertz CT molecular complexity index is 903. The molecule has 0 bridgehead atoms. The number of nitrogens with one attached hydrogen (secondary N) is 1. The van der Waals surface area contributed by atoms with E-state index in [9.17, 15) is 14.0 Å². The van der Waals surface area contributed by atoms with Crippen LogP contribution in [-0.2, 0) is 6.67 Å². The Labute approximate surface area is 139 Å². The summed E-state index contributed by atoms with van der Waals surface area (Å²) in [7, 11) is 0. The van der Waals surface area contributed by atoms with E-state index >= 15 is 0 Å². The highest BCUT2D eigenvalue weighted by molar-refractivity contribution is 6.24. The molecule has 24 heavy (non-hydrogen) atoms. The summed E-state index contributed by atoms with van der Waals surface area (Å²) >= 11 is 0. The number of ketones is 2. The Balaban J connectivity index is 1.69. The molecule has 4 heteroatoms. The molecule has 1 aliphatic rings. The Hall–Kier alpha value is -3.19. The first-order valence-electron chi connectivity index (χ1n) is 7.46. The van der Waals surface area contributed by atoms with Gasteiger partial charge in [-0.25, -0.2) is 4.39 Å². The minimum absolute atomic E-state index is 0.198. The fraction of sp³-hybridized carbons (Fsp3) is 0.100. The van der Waals surface area contributed by atoms with Gasteiger partial charge in [-0.15, -0.1) is 0 Å². The van der Waals surface area contributed by atoms with Crippen LogP contribution in [0.25, 0.3) is 0 Å². The molecule has 1 aliphatic carbocycles. The summed E-state index contributed by atoms with van der Waals surface area (Å²) in [5.41, 5.74) is 2.34. The quantitative estimate of drug-likeness (QED) is 0.885. The number of allylic oxidation sites excluding steroid dienone is 2. The lowest BCUT2D eigenvalue weighted by Crippen LogP contribution is -2.27. The molecule has 0 spiro atoms. The standard InChI is InChI=1S/C20H14FNO2/c21-13-15-6-3-5-14(11-15)7-4-10-22-18-12-19(23)16-8-1-2-9-17(16)20(18)24/h1-3,5-6,8-9,11-12,22H,10,13H2. The monoisotopic (exact) mass is 319 g/mol. The van der Waals surface area contributed by atoms with Crippen molar-refractivity contribution >= 4 is 11.6 Å². The third-order valence-corrected chi connectivity index (χ3v) is 3.64. The Kier molecular flexibility index (Phi) is 4.53. The van der Waals surface area contributed by atoms with Crippen LogP contribution in [0.3, 0.4) is 0 Å². The summed E-state index contributed by atoms with van der Waals surface area (Å²) < 4.78 is 12.6. The number of rotatable bonds is 3. The van der Waals surface area contributed by atoms with Crippen molar-refractivity contribution in [2.45, 2.75) is 6.67 Å². The molecular weight excluding hydrogens is 305 g/mol. The van der Waals surface area contributed by atoms with Crippen molar-refractivity contribution in [2.75, 3.05) is 6.54 Å². The topological polar surface area (TPSA) is 46.2 Å². The molecule has 0 amide bonds. The zero-order valence-electron chi connectivity index (χ0n) is 12.8. The third kappa shape index (κ3) is 3.26. The minimum Gasteiger partial charge on any atom is -0.371 e. The third-order valence-electron chi connectivity index (χ3n) is 3.64. The van der Waals surface area contributed by atoms with E-state index in [0.717, 1.165) is 0 Å². The van der Waals surface area contributed by atoms with E-state index in [0.29, 0.717) is 22.3 Å². The van der Waals surface area contributed by atoms with Crippen molar-refractivity contribution in [1.29, 1.82) is 0 Å². The van der Waals surface area contributed by atoms with Crippen molar-refractivity contribution < 1.29 is 14.0 Å². The van der Waals surface area contributed by atoms with Crippen LogP contribution in [0, 0.1) is 11.8 Å². The number of carbonyl (C=O) groups is 2. The SMILES string of the molecule is O=C1C=C(NCC#Cc2cccc(CF)c2)C(=O)c2ccccc21. The van der Waals surface area contributed by atoms with E-state index in [1.54, 1.807) is 48.5 Å². The average Bonchev–Trinajstić information content (AvgIpc) is 2.63. The smallest absolute Gasteiger partial charge is 0.209 e. The largest absolute Gasteiger partial charge is 0.371 e. The maximum absolute atomic E-state index is 12.6. The first-order chi connectivity index (χ1) is 11.7. The number of benzene rings is 2. The van der Waals surface area contributed by atoms with Gasteiger partial charge in [0.1, 0.15) is 6.67 Å². The van der Waals surface area contributed by atoms with E-state index in [2.05, 4.69) is 17.2 Å². The molecule has 3 nitrogen and oxygen atoms in total. The Morgan fingerprint density at radius 3 is 2.58 bits per heavy atom. The second-order valence-corrected chi connectivity index (χ2v) is 5.29. The average molecular weight is 319 g/mol. The number of fused-ring (bicyclic) bond motifs is 1. The van der Waals surface area contributed by atoms with Gasteiger partial charge < -0.3 is 5.32 Å². The number of alkyl halides is 1. The molecule has 1 N–H and O–H groups in total. The molecule has 0 heterocycles. The minimum atomic E-state index is -0.531. The highest BCUT2D eigenvalue weighted by Crippen LogP contribution is 2.19. The predicted molar refractivity (Wildman–Crippen MR) is 89.3 cm³/mol. The second-order valence-electron chi connectivity index (χ2n) is 5.29. The number of carbonyl (C=O) groups excluding carboxylic acids is 2. The highest BCUT2D eigenvalue weighted by atomic mass is 19.1. The molecule has 0 unspecified atom stereocenters. The Morgan fingerprint density at radius 2 is 1.79 bits per heavy atom. The second kappa shape index (κ2) is 6.93. The molecule has 0 aliphatic heterocycles. The molecule has 0 atom stereocenters. The van der Waals surface area contributed by atoms with Crippen molar-refractivity contribution in [3.8, 4) is 11.8 Å². The maximum atomic E-state index is 12.6. The van der Waals surface area contributed by atoms with Crippen molar-refractivity contribution in [1.82, 2.24) is 5.32 Å². The molecule has 0 saturated carbocycles. The zero-order chi connectivity index (χ0) is 16.9. The van der Waals surface area contributed by atoms with E-state index in [-0.39, 0.29) is 23.8 Å². The lowest BCUT2D eigenvalue weighted by atomic mass is 9.93. The van der Waals surface area contributed by atoms with Crippen molar-refractivity contribution in [2.24, 2.45) is 0 Å². The number of halogens is 1.